The molecular formula is C11H21N3O2. The van der Waals surface area contributed by atoms with Crippen molar-refractivity contribution < 1.29 is 10.0 Å². The van der Waals surface area contributed by atoms with Crippen LogP contribution in [0.5, 0.6) is 0 Å². The Morgan fingerprint density at radius 3 is 2.38 bits per heavy atom. The molecule has 1 amide bonds. The smallest absolute Gasteiger partial charge is 0.235 e. The van der Waals surface area contributed by atoms with Crippen LogP contribution in [0.25, 0.3) is 0 Å². The third-order valence-corrected chi connectivity index (χ3v) is 3.48. The van der Waals surface area contributed by atoms with Crippen molar-refractivity contribution in [1.29, 1.82) is 0 Å². The Kier molecular flexibility index (Phi) is 3.78. The van der Waals surface area contributed by atoms with E-state index in [1.54, 1.807) is 25.8 Å². The zero-order valence-electron chi connectivity index (χ0n) is 10.2. The molecule has 3 N–H and O–H groups in total. The number of carbonyl (C=O) groups is 1. The second-order valence-electron chi connectivity index (χ2n) is 4.96. The SMILES string of the molecule is CN(C(=O)C(C)(C)C(N)=NO)C1CCCC1. The summed E-state index contributed by atoms with van der Waals surface area (Å²) in [5.74, 6) is -0.128. The molecule has 0 bridgehead atoms. The Morgan fingerprint density at radius 2 is 1.94 bits per heavy atom. The van der Waals surface area contributed by atoms with Gasteiger partial charge in [0.15, 0.2) is 5.84 Å². The Labute approximate surface area is 96.3 Å². The summed E-state index contributed by atoms with van der Waals surface area (Å²) >= 11 is 0. The van der Waals surface area contributed by atoms with Gasteiger partial charge in [0.05, 0.1) is 0 Å². The van der Waals surface area contributed by atoms with E-state index in [0.29, 0.717) is 6.04 Å². The number of amides is 1. The van der Waals surface area contributed by atoms with E-state index in [9.17, 15) is 4.79 Å². The number of oxime groups is 1. The average molecular weight is 227 g/mol. The molecule has 0 aliphatic heterocycles. The van der Waals surface area contributed by atoms with Gasteiger partial charge in [-0.3, -0.25) is 4.79 Å². The standard InChI is InChI=1S/C11H21N3O2/c1-11(2,9(12)13-16)10(15)14(3)8-6-4-5-7-8/h8,16H,4-7H2,1-3H3,(H2,12,13). The molecule has 16 heavy (non-hydrogen) atoms. The van der Waals surface area contributed by atoms with Crippen LogP contribution in [0.1, 0.15) is 39.5 Å². The summed E-state index contributed by atoms with van der Waals surface area (Å²) in [6.45, 7) is 3.35. The minimum absolute atomic E-state index is 0.0395. The van der Waals surface area contributed by atoms with Crippen molar-refractivity contribution in [3.05, 3.63) is 0 Å². The highest BCUT2D eigenvalue weighted by atomic mass is 16.4. The fourth-order valence-corrected chi connectivity index (χ4v) is 2.13. The highest BCUT2D eigenvalue weighted by molar-refractivity contribution is 6.05. The number of nitrogens with zero attached hydrogens (tertiary/aromatic N) is 2. The molecule has 0 atom stereocenters. The van der Waals surface area contributed by atoms with Crippen LogP contribution in [0.3, 0.4) is 0 Å². The molecule has 1 fully saturated rings. The maximum Gasteiger partial charge on any atom is 0.235 e. The van der Waals surface area contributed by atoms with Crippen LogP contribution < -0.4 is 5.73 Å². The lowest BCUT2D eigenvalue weighted by molar-refractivity contribution is -0.137. The molecule has 0 aromatic heterocycles. The molecule has 1 aliphatic rings. The quantitative estimate of drug-likeness (QED) is 0.328. The molecule has 0 saturated heterocycles. The van der Waals surface area contributed by atoms with Crippen molar-refractivity contribution in [3.8, 4) is 0 Å². The molecule has 0 radical (unpaired) electrons. The van der Waals surface area contributed by atoms with Crippen LogP contribution in [-0.4, -0.2) is 34.9 Å². The molecule has 92 valence electrons. The van der Waals surface area contributed by atoms with Gasteiger partial charge >= 0.3 is 0 Å². The molecule has 5 nitrogen and oxygen atoms in total. The molecule has 0 unspecified atom stereocenters. The lowest BCUT2D eigenvalue weighted by atomic mass is 9.89. The molecule has 5 heteroatoms. The van der Waals surface area contributed by atoms with E-state index < -0.39 is 5.41 Å². The number of hydrogen-bond donors (Lipinski definition) is 2. The summed E-state index contributed by atoms with van der Waals surface area (Å²) < 4.78 is 0. The lowest BCUT2D eigenvalue weighted by Crippen LogP contribution is -2.49. The molecule has 0 aromatic rings. The van der Waals surface area contributed by atoms with Crippen LogP contribution in [0.2, 0.25) is 0 Å². The van der Waals surface area contributed by atoms with E-state index in [4.69, 9.17) is 10.9 Å². The minimum atomic E-state index is -0.938. The summed E-state index contributed by atoms with van der Waals surface area (Å²) in [5.41, 5.74) is 4.60. The maximum atomic E-state index is 12.2. The van der Waals surface area contributed by atoms with E-state index in [0.717, 1.165) is 12.8 Å². The van der Waals surface area contributed by atoms with Crippen LogP contribution in [0, 0.1) is 5.41 Å². The van der Waals surface area contributed by atoms with Gasteiger partial charge in [-0.15, -0.1) is 0 Å². The minimum Gasteiger partial charge on any atom is -0.409 e. The van der Waals surface area contributed by atoms with Crippen molar-refractivity contribution in [2.45, 2.75) is 45.6 Å². The highest BCUT2D eigenvalue weighted by Gasteiger charge is 2.37. The number of nitrogens with two attached hydrogens (primary N) is 1. The van der Waals surface area contributed by atoms with Crippen molar-refractivity contribution in [2.24, 2.45) is 16.3 Å². The third kappa shape index (κ3) is 2.28. The summed E-state index contributed by atoms with van der Waals surface area (Å²) in [4.78, 5) is 13.9. The zero-order valence-corrected chi connectivity index (χ0v) is 10.2. The topological polar surface area (TPSA) is 78.9 Å². The number of hydrogen-bond acceptors (Lipinski definition) is 3. The highest BCUT2D eigenvalue weighted by Crippen LogP contribution is 2.27. The first-order valence-electron chi connectivity index (χ1n) is 5.66. The van der Waals surface area contributed by atoms with E-state index in [2.05, 4.69) is 5.16 Å². The summed E-state index contributed by atoms with van der Waals surface area (Å²) in [6, 6.07) is 0.304. The lowest BCUT2D eigenvalue weighted by Gasteiger charge is -2.32. The van der Waals surface area contributed by atoms with Crippen molar-refractivity contribution in [2.75, 3.05) is 7.05 Å². The van der Waals surface area contributed by atoms with Gasteiger partial charge in [0.2, 0.25) is 5.91 Å². The largest absolute Gasteiger partial charge is 0.409 e. The first-order chi connectivity index (χ1) is 7.41. The van der Waals surface area contributed by atoms with Crippen LogP contribution in [-0.2, 0) is 4.79 Å². The Bertz CT molecular complexity index is 294. The van der Waals surface area contributed by atoms with Crippen LogP contribution in [0.15, 0.2) is 5.16 Å². The average Bonchev–Trinajstić information content (AvgIpc) is 2.79. The first kappa shape index (κ1) is 12.8. The van der Waals surface area contributed by atoms with Crippen molar-refractivity contribution in [3.63, 3.8) is 0 Å². The Hall–Kier alpha value is -1.26. The van der Waals surface area contributed by atoms with Gasteiger partial charge in [0.1, 0.15) is 5.41 Å². The van der Waals surface area contributed by atoms with Crippen LogP contribution >= 0.6 is 0 Å². The molecule has 1 saturated carbocycles. The Morgan fingerprint density at radius 1 is 1.44 bits per heavy atom. The van der Waals surface area contributed by atoms with Gasteiger partial charge < -0.3 is 15.8 Å². The normalized spacial score (nSPS) is 18.8. The predicted octanol–water partition coefficient (Wildman–Crippen LogP) is 1.16. The van der Waals surface area contributed by atoms with Gasteiger partial charge in [-0.05, 0) is 26.7 Å². The third-order valence-electron chi connectivity index (χ3n) is 3.48. The molecule has 0 aromatic carbocycles. The monoisotopic (exact) mass is 227 g/mol. The number of carbonyl (C=O) groups excluding carboxylic acids is 1. The number of amidine groups is 1. The zero-order chi connectivity index (χ0) is 12.3. The maximum absolute atomic E-state index is 12.2. The van der Waals surface area contributed by atoms with Gasteiger partial charge in [-0.25, -0.2) is 0 Å². The summed E-state index contributed by atoms with van der Waals surface area (Å²) in [7, 11) is 1.80. The molecule has 0 spiro atoms. The first-order valence-corrected chi connectivity index (χ1v) is 5.66. The van der Waals surface area contributed by atoms with E-state index in [1.807, 2.05) is 0 Å². The number of rotatable bonds is 3. The molecular weight excluding hydrogens is 206 g/mol. The summed E-state index contributed by atoms with van der Waals surface area (Å²) in [5, 5.41) is 11.6. The van der Waals surface area contributed by atoms with Gasteiger partial charge in [0.25, 0.3) is 0 Å². The van der Waals surface area contributed by atoms with Crippen molar-refractivity contribution >= 4 is 11.7 Å². The van der Waals surface area contributed by atoms with Crippen molar-refractivity contribution in [1.82, 2.24) is 4.90 Å². The molecule has 0 heterocycles. The second-order valence-corrected chi connectivity index (χ2v) is 4.96. The van der Waals surface area contributed by atoms with Gasteiger partial charge in [-0.2, -0.15) is 0 Å². The Balaban J connectivity index is 2.76. The van der Waals surface area contributed by atoms with Gasteiger partial charge in [0, 0.05) is 13.1 Å². The predicted molar refractivity (Wildman–Crippen MR) is 62.2 cm³/mol. The molecule has 1 aliphatic carbocycles. The van der Waals surface area contributed by atoms with Crippen LogP contribution in [0.4, 0.5) is 0 Å². The fraction of sp³-hybridized carbons (Fsp3) is 0.818. The molecule has 1 rings (SSSR count). The second kappa shape index (κ2) is 4.72. The van der Waals surface area contributed by atoms with E-state index in [1.165, 1.54) is 12.8 Å². The van der Waals surface area contributed by atoms with Gasteiger partial charge in [-0.1, -0.05) is 18.0 Å². The van der Waals surface area contributed by atoms with E-state index >= 15 is 0 Å². The van der Waals surface area contributed by atoms with E-state index in [-0.39, 0.29) is 11.7 Å². The fourth-order valence-electron chi connectivity index (χ4n) is 2.13. The summed E-state index contributed by atoms with van der Waals surface area (Å²) in [6.07, 6.45) is 4.45.